The maximum absolute atomic E-state index is 9.35. The van der Waals surface area contributed by atoms with Gasteiger partial charge in [0.15, 0.2) is 0 Å². The normalized spacial score (nSPS) is 10.1. The predicted molar refractivity (Wildman–Crippen MR) is 79.5 cm³/mol. The highest BCUT2D eigenvalue weighted by Gasteiger charge is 2.16. The summed E-state index contributed by atoms with van der Waals surface area (Å²) >= 11 is 0. The van der Waals surface area contributed by atoms with E-state index in [4.69, 9.17) is 10.5 Å². The molecule has 0 unspecified atom stereocenters. The summed E-state index contributed by atoms with van der Waals surface area (Å²) in [4.78, 5) is 4.31. The van der Waals surface area contributed by atoms with Crippen molar-refractivity contribution in [1.82, 2.24) is 4.98 Å². The topological polar surface area (TPSA) is 71.9 Å². The number of nitrogens with two attached hydrogens (primary N) is 1. The third kappa shape index (κ3) is 2.30. The van der Waals surface area contributed by atoms with Crippen molar-refractivity contribution in [2.45, 2.75) is 20.3 Å². The van der Waals surface area contributed by atoms with Crippen molar-refractivity contribution in [3.05, 3.63) is 41.1 Å². The van der Waals surface area contributed by atoms with Crippen LogP contribution in [0.1, 0.15) is 23.7 Å². The van der Waals surface area contributed by atoms with E-state index in [-0.39, 0.29) is 0 Å². The molecule has 2 aromatic rings. The van der Waals surface area contributed by atoms with E-state index in [0.717, 1.165) is 34.6 Å². The largest absolute Gasteiger partial charge is 0.497 e. The van der Waals surface area contributed by atoms with E-state index in [1.165, 1.54) is 0 Å². The fraction of sp³-hybridized carbons (Fsp3) is 0.250. The molecule has 2 N–H and O–H groups in total. The number of rotatable bonds is 3. The molecule has 0 aliphatic rings. The van der Waals surface area contributed by atoms with E-state index in [9.17, 15) is 5.26 Å². The van der Waals surface area contributed by atoms with Gasteiger partial charge in [0.2, 0.25) is 0 Å². The van der Waals surface area contributed by atoms with Gasteiger partial charge >= 0.3 is 0 Å². The number of ether oxygens (including phenoxy) is 1. The number of nitrogens with zero attached hydrogens (tertiary/aromatic N) is 2. The highest BCUT2D eigenvalue weighted by molar-refractivity contribution is 5.79. The Kier molecular flexibility index (Phi) is 3.90. The minimum absolute atomic E-state index is 0.292. The van der Waals surface area contributed by atoms with Gasteiger partial charge < -0.3 is 10.5 Å². The summed E-state index contributed by atoms with van der Waals surface area (Å²) in [5.74, 6) is 1.07. The van der Waals surface area contributed by atoms with E-state index in [1.54, 1.807) is 7.11 Å². The number of pyridine rings is 1. The van der Waals surface area contributed by atoms with E-state index in [2.05, 4.69) is 11.1 Å². The summed E-state index contributed by atoms with van der Waals surface area (Å²) in [5, 5.41) is 9.35. The van der Waals surface area contributed by atoms with E-state index >= 15 is 0 Å². The molecule has 0 aliphatic carbocycles. The van der Waals surface area contributed by atoms with Crippen LogP contribution in [0.4, 0.5) is 5.82 Å². The molecule has 0 amide bonds. The minimum Gasteiger partial charge on any atom is -0.497 e. The monoisotopic (exact) mass is 267 g/mol. The van der Waals surface area contributed by atoms with Crippen LogP contribution in [0.2, 0.25) is 0 Å². The molecule has 4 nitrogen and oxygen atoms in total. The van der Waals surface area contributed by atoms with E-state index < -0.39 is 0 Å². The van der Waals surface area contributed by atoms with Crippen LogP contribution in [-0.4, -0.2) is 12.1 Å². The Morgan fingerprint density at radius 2 is 1.95 bits per heavy atom. The van der Waals surface area contributed by atoms with Gasteiger partial charge in [-0.05, 0) is 36.6 Å². The van der Waals surface area contributed by atoms with Gasteiger partial charge in [-0.3, -0.25) is 0 Å². The molecule has 1 heterocycles. The highest BCUT2D eigenvalue weighted by Crippen LogP contribution is 2.32. The Bertz CT molecular complexity index is 669. The summed E-state index contributed by atoms with van der Waals surface area (Å²) in [6, 6.07) is 9.77. The van der Waals surface area contributed by atoms with Crippen molar-refractivity contribution in [3.63, 3.8) is 0 Å². The molecule has 0 saturated carbocycles. The number of hydrogen-bond donors (Lipinski definition) is 1. The molecule has 0 aliphatic heterocycles. The lowest BCUT2D eigenvalue weighted by Gasteiger charge is -2.14. The standard InChI is InChI=1S/C16H17N3O/c1-4-14-10(2)15(13(9-17)16(18)19-14)11-5-7-12(20-3)8-6-11/h5-8H,4H2,1-3H3,(H2,18,19). The molecular weight excluding hydrogens is 250 g/mol. The third-order valence-corrected chi connectivity index (χ3v) is 3.39. The van der Waals surface area contributed by atoms with Gasteiger partial charge in [0.1, 0.15) is 23.2 Å². The van der Waals surface area contributed by atoms with Crippen LogP contribution in [0.15, 0.2) is 24.3 Å². The van der Waals surface area contributed by atoms with Crippen LogP contribution >= 0.6 is 0 Å². The van der Waals surface area contributed by atoms with Crippen LogP contribution in [0.25, 0.3) is 11.1 Å². The molecule has 1 aromatic carbocycles. The fourth-order valence-electron chi connectivity index (χ4n) is 2.32. The molecule has 4 heteroatoms. The molecule has 20 heavy (non-hydrogen) atoms. The number of anilines is 1. The van der Waals surface area contributed by atoms with Crippen LogP contribution in [0.5, 0.6) is 5.75 Å². The van der Waals surface area contributed by atoms with E-state index in [0.29, 0.717) is 11.4 Å². The maximum Gasteiger partial charge on any atom is 0.142 e. The van der Waals surface area contributed by atoms with Crippen molar-refractivity contribution < 1.29 is 4.74 Å². The van der Waals surface area contributed by atoms with Crippen LogP contribution in [0, 0.1) is 18.3 Å². The minimum atomic E-state index is 0.292. The Labute approximate surface area is 118 Å². The van der Waals surface area contributed by atoms with Gasteiger partial charge in [0, 0.05) is 11.3 Å². The first-order chi connectivity index (χ1) is 9.62. The number of nitrogen functional groups attached to an aromatic ring is 1. The average Bonchev–Trinajstić information content (AvgIpc) is 2.48. The molecule has 102 valence electrons. The first-order valence-electron chi connectivity index (χ1n) is 6.45. The SMILES string of the molecule is CCc1nc(N)c(C#N)c(-c2ccc(OC)cc2)c1C. The summed E-state index contributed by atoms with van der Waals surface area (Å²) in [6.07, 6.45) is 0.783. The van der Waals surface area contributed by atoms with Gasteiger partial charge in [0.05, 0.1) is 7.11 Å². The Morgan fingerprint density at radius 1 is 1.30 bits per heavy atom. The zero-order valence-electron chi connectivity index (χ0n) is 11.9. The molecule has 0 bridgehead atoms. The molecule has 0 saturated heterocycles. The van der Waals surface area contributed by atoms with Crippen molar-refractivity contribution in [2.24, 2.45) is 0 Å². The number of hydrogen-bond acceptors (Lipinski definition) is 4. The van der Waals surface area contributed by atoms with Crippen LogP contribution in [0.3, 0.4) is 0 Å². The fourth-order valence-corrected chi connectivity index (χ4v) is 2.32. The van der Waals surface area contributed by atoms with Gasteiger partial charge in [-0.2, -0.15) is 5.26 Å². The lowest BCUT2D eigenvalue weighted by Crippen LogP contribution is -2.04. The molecule has 0 spiro atoms. The van der Waals surface area contributed by atoms with Crippen molar-refractivity contribution in [1.29, 1.82) is 5.26 Å². The number of benzene rings is 1. The second kappa shape index (κ2) is 5.62. The number of nitriles is 1. The van der Waals surface area contributed by atoms with Gasteiger partial charge in [-0.1, -0.05) is 19.1 Å². The molecule has 2 rings (SSSR count). The first kappa shape index (κ1) is 13.9. The summed E-state index contributed by atoms with van der Waals surface area (Å²) in [5.41, 5.74) is 10.1. The number of methoxy groups -OCH3 is 1. The second-order valence-electron chi connectivity index (χ2n) is 4.51. The molecular formula is C16H17N3O. The van der Waals surface area contributed by atoms with Crippen molar-refractivity contribution in [2.75, 3.05) is 12.8 Å². The van der Waals surface area contributed by atoms with Crippen LogP contribution < -0.4 is 10.5 Å². The molecule has 0 radical (unpaired) electrons. The van der Waals surface area contributed by atoms with Crippen molar-refractivity contribution in [3.8, 4) is 22.9 Å². The van der Waals surface area contributed by atoms with Gasteiger partial charge in [-0.15, -0.1) is 0 Å². The zero-order valence-corrected chi connectivity index (χ0v) is 11.9. The predicted octanol–water partition coefficient (Wildman–Crippen LogP) is 3.08. The Hall–Kier alpha value is -2.54. The van der Waals surface area contributed by atoms with Gasteiger partial charge in [0.25, 0.3) is 0 Å². The molecule has 0 atom stereocenters. The summed E-state index contributed by atoms with van der Waals surface area (Å²) < 4.78 is 5.16. The summed E-state index contributed by atoms with van der Waals surface area (Å²) in [7, 11) is 1.63. The number of aryl methyl sites for hydroxylation is 1. The quantitative estimate of drug-likeness (QED) is 0.927. The van der Waals surface area contributed by atoms with Crippen LogP contribution in [-0.2, 0) is 6.42 Å². The molecule has 1 aromatic heterocycles. The third-order valence-electron chi connectivity index (χ3n) is 3.39. The smallest absolute Gasteiger partial charge is 0.142 e. The lowest BCUT2D eigenvalue weighted by molar-refractivity contribution is 0.415. The highest BCUT2D eigenvalue weighted by atomic mass is 16.5. The lowest BCUT2D eigenvalue weighted by atomic mass is 9.94. The van der Waals surface area contributed by atoms with Gasteiger partial charge in [-0.25, -0.2) is 4.98 Å². The Balaban J connectivity index is 2.70. The van der Waals surface area contributed by atoms with E-state index in [1.807, 2.05) is 38.1 Å². The summed E-state index contributed by atoms with van der Waals surface area (Å²) in [6.45, 7) is 4.00. The first-order valence-corrected chi connectivity index (χ1v) is 6.45. The maximum atomic E-state index is 9.35. The Morgan fingerprint density at radius 3 is 2.45 bits per heavy atom. The molecule has 0 fully saturated rings. The zero-order chi connectivity index (χ0) is 14.7. The number of aromatic nitrogens is 1. The second-order valence-corrected chi connectivity index (χ2v) is 4.51. The average molecular weight is 267 g/mol. The van der Waals surface area contributed by atoms with Crippen molar-refractivity contribution >= 4 is 5.82 Å².